The second kappa shape index (κ2) is 7.65. The van der Waals surface area contributed by atoms with Crippen molar-refractivity contribution in [1.82, 2.24) is 14.7 Å². The molecule has 9 heteroatoms. The number of carbonyl (C=O) groups is 3. The third kappa shape index (κ3) is 5.02. The van der Waals surface area contributed by atoms with Gasteiger partial charge in [0, 0.05) is 32.7 Å². The maximum absolute atomic E-state index is 12.1. The number of nitrogens with zero attached hydrogens (tertiary/aromatic N) is 3. The first kappa shape index (κ1) is 16.2. The van der Waals surface area contributed by atoms with Gasteiger partial charge in [-0.3, -0.25) is 14.5 Å². The second-order valence-corrected chi connectivity index (χ2v) is 4.48. The monoisotopic (exact) mass is 289 g/mol. The molecule has 1 heterocycles. The van der Waals surface area contributed by atoms with E-state index >= 15 is 0 Å². The molecule has 0 radical (unpaired) electrons. The molecule has 0 aromatic rings. The fourth-order valence-electron chi connectivity index (χ4n) is 2.02. The molecular weight excluding hydrogens is 270 g/mol. The molecule has 1 rings (SSSR count). The Kier molecular flexibility index (Phi) is 6.19. The van der Waals surface area contributed by atoms with E-state index in [-0.39, 0.29) is 6.61 Å². The van der Waals surface area contributed by atoms with Crippen molar-refractivity contribution in [2.45, 2.75) is 0 Å². The number of aliphatic hydroxyl groups is 1. The van der Waals surface area contributed by atoms with Gasteiger partial charge in [0.05, 0.1) is 6.61 Å². The summed E-state index contributed by atoms with van der Waals surface area (Å²) >= 11 is 0. The third-order valence-corrected chi connectivity index (χ3v) is 2.98. The number of rotatable bonds is 6. The predicted octanol–water partition coefficient (Wildman–Crippen LogP) is -1.81. The molecule has 0 aromatic heterocycles. The largest absolute Gasteiger partial charge is 0.480 e. The molecule has 1 aliphatic rings. The summed E-state index contributed by atoms with van der Waals surface area (Å²) in [6, 6.07) is -0.585. The Morgan fingerprint density at radius 3 is 1.85 bits per heavy atom. The van der Waals surface area contributed by atoms with E-state index in [1.165, 1.54) is 4.90 Å². The topological polar surface area (TPSA) is 122 Å². The van der Waals surface area contributed by atoms with Crippen LogP contribution in [0.2, 0.25) is 0 Å². The van der Waals surface area contributed by atoms with Crippen LogP contribution in [0.4, 0.5) is 4.79 Å². The van der Waals surface area contributed by atoms with Gasteiger partial charge in [-0.1, -0.05) is 0 Å². The summed E-state index contributed by atoms with van der Waals surface area (Å²) in [6.07, 6.45) is 0. The average molecular weight is 289 g/mol. The van der Waals surface area contributed by atoms with Gasteiger partial charge in [0.1, 0.15) is 13.1 Å². The number of amides is 2. The van der Waals surface area contributed by atoms with E-state index < -0.39 is 31.1 Å². The standard InChI is InChI=1S/C11H19N3O6/c15-6-5-12-1-3-13(4-2-12)11(20)14(7-9(16)17)8-10(18)19/h15H,1-8H2,(H,16,17)(H,18,19). The SMILES string of the molecule is O=C(O)CN(CC(=O)O)C(=O)N1CCN(CCO)CC1. The van der Waals surface area contributed by atoms with Gasteiger partial charge in [-0.2, -0.15) is 0 Å². The van der Waals surface area contributed by atoms with Crippen LogP contribution in [0.3, 0.4) is 0 Å². The van der Waals surface area contributed by atoms with Crippen LogP contribution in [0.5, 0.6) is 0 Å². The van der Waals surface area contributed by atoms with E-state index in [1.807, 2.05) is 4.90 Å². The molecule has 114 valence electrons. The van der Waals surface area contributed by atoms with E-state index in [4.69, 9.17) is 15.3 Å². The van der Waals surface area contributed by atoms with Crippen molar-refractivity contribution in [1.29, 1.82) is 0 Å². The zero-order valence-electron chi connectivity index (χ0n) is 11.1. The zero-order chi connectivity index (χ0) is 15.1. The molecule has 0 saturated carbocycles. The van der Waals surface area contributed by atoms with Crippen molar-refractivity contribution in [2.24, 2.45) is 0 Å². The summed E-state index contributed by atoms with van der Waals surface area (Å²) in [5.74, 6) is -2.50. The quantitative estimate of drug-likeness (QED) is 0.526. The summed E-state index contributed by atoms with van der Waals surface area (Å²) in [7, 11) is 0. The molecule has 0 aliphatic carbocycles. The van der Waals surface area contributed by atoms with Crippen LogP contribution in [0, 0.1) is 0 Å². The van der Waals surface area contributed by atoms with E-state index in [1.54, 1.807) is 0 Å². The highest BCUT2D eigenvalue weighted by Gasteiger charge is 2.27. The highest BCUT2D eigenvalue weighted by molar-refractivity contribution is 5.84. The molecule has 9 nitrogen and oxygen atoms in total. The second-order valence-electron chi connectivity index (χ2n) is 4.48. The molecule has 0 atom stereocenters. The Labute approximate surface area is 116 Å². The van der Waals surface area contributed by atoms with E-state index in [9.17, 15) is 14.4 Å². The molecule has 0 bridgehead atoms. The fourth-order valence-corrected chi connectivity index (χ4v) is 2.02. The smallest absolute Gasteiger partial charge is 0.323 e. The Hall–Kier alpha value is -1.87. The highest BCUT2D eigenvalue weighted by Crippen LogP contribution is 2.05. The van der Waals surface area contributed by atoms with Gasteiger partial charge >= 0.3 is 18.0 Å². The molecule has 1 saturated heterocycles. The predicted molar refractivity (Wildman–Crippen MR) is 67.3 cm³/mol. The van der Waals surface area contributed by atoms with Crippen LogP contribution in [-0.4, -0.2) is 100 Å². The van der Waals surface area contributed by atoms with Crippen molar-refractivity contribution in [3.8, 4) is 0 Å². The first-order valence-electron chi connectivity index (χ1n) is 6.24. The van der Waals surface area contributed by atoms with Gasteiger partial charge in [0.2, 0.25) is 0 Å². The van der Waals surface area contributed by atoms with Gasteiger partial charge < -0.3 is 25.1 Å². The van der Waals surface area contributed by atoms with Gasteiger partial charge in [-0.05, 0) is 0 Å². The van der Waals surface area contributed by atoms with E-state index in [0.29, 0.717) is 32.7 Å². The van der Waals surface area contributed by atoms with E-state index in [2.05, 4.69) is 0 Å². The average Bonchev–Trinajstić information content (AvgIpc) is 2.37. The number of hydrogen-bond acceptors (Lipinski definition) is 5. The third-order valence-electron chi connectivity index (χ3n) is 2.98. The number of β-amino-alcohol motifs (C(OH)–C–C–N with tert-alkyl or cyclic N) is 1. The molecule has 1 aliphatic heterocycles. The normalized spacial score (nSPS) is 15.9. The van der Waals surface area contributed by atoms with Gasteiger partial charge in [0.15, 0.2) is 0 Å². The zero-order valence-corrected chi connectivity index (χ0v) is 11.1. The van der Waals surface area contributed by atoms with Gasteiger partial charge in [-0.25, -0.2) is 4.79 Å². The Morgan fingerprint density at radius 1 is 0.950 bits per heavy atom. The Bertz CT molecular complexity index is 351. The number of piperazine rings is 1. The van der Waals surface area contributed by atoms with Crippen LogP contribution >= 0.6 is 0 Å². The first-order chi connectivity index (χ1) is 9.43. The van der Waals surface area contributed by atoms with Gasteiger partial charge in [0.25, 0.3) is 0 Å². The van der Waals surface area contributed by atoms with Gasteiger partial charge in [-0.15, -0.1) is 0 Å². The number of aliphatic carboxylic acids is 2. The lowest BCUT2D eigenvalue weighted by atomic mass is 10.3. The highest BCUT2D eigenvalue weighted by atomic mass is 16.4. The van der Waals surface area contributed by atoms with Crippen molar-refractivity contribution >= 4 is 18.0 Å². The number of urea groups is 1. The minimum atomic E-state index is -1.25. The van der Waals surface area contributed by atoms with Crippen molar-refractivity contribution in [3.63, 3.8) is 0 Å². The lowest BCUT2D eigenvalue weighted by molar-refractivity contribution is -0.140. The van der Waals surface area contributed by atoms with Crippen LogP contribution in [-0.2, 0) is 9.59 Å². The van der Waals surface area contributed by atoms with Crippen LogP contribution in [0.15, 0.2) is 0 Å². The summed E-state index contributed by atoms with van der Waals surface area (Å²) in [5.41, 5.74) is 0. The maximum Gasteiger partial charge on any atom is 0.323 e. The minimum Gasteiger partial charge on any atom is -0.480 e. The Balaban J connectivity index is 2.57. The summed E-state index contributed by atoms with van der Waals surface area (Å²) in [4.78, 5) is 37.6. The fraction of sp³-hybridized carbons (Fsp3) is 0.727. The summed E-state index contributed by atoms with van der Waals surface area (Å²) in [5, 5.41) is 26.2. The molecule has 3 N–H and O–H groups in total. The summed E-state index contributed by atoms with van der Waals surface area (Å²) < 4.78 is 0. The van der Waals surface area contributed by atoms with Crippen LogP contribution in [0.25, 0.3) is 0 Å². The molecule has 2 amide bonds. The summed E-state index contributed by atoms with van der Waals surface area (Å²) in [6.45, 7) is 1.20. The van der Waals surface area contributed by atoms with Crippen LogP contribution in [0.1, 0.15) is 0 Å². The van der Waals surface area contributed by atoms with Crippen molar-refractivity contribution in [2.75, 3.05) is 52.4 Å². The molecular formula is C11H19N3O6. The van der Waals surface area contributed by atoms with Crippen LogP contribution < -0.4 is 0 Å². The number of carbonyl (C=O) groups excluding carboxylic acids is 1. The lowest BCUT2D eigenvalue weighted by Gasteiger charge is -2.36. The first-order valence-corrected chi connectivity index (χ1v) is 6.24. The molecule has 0 aromatic carbocycles. The number of hydrogen-bond donors (Lipinski definition) is 3. The van der Waals surface area contributed by atoms with E-state index in [0.717, 1.165) is 4.90 Å². The molecule has 0 spiro atoms. The molecule has 1 fully saturated rings. The Morgan fingerprint density at radius 2 is 1.45 bits per heavy atom. The number of carboxylic acids is 2. The molecule has 20 heavy (non-hydrogen) atoms. The maximum atomic E-state index is 12.1. The molecule has 0 unspecified atom stereocenters. The number of aliphatic hydroxyl groups excluding tert-OH is 1. The minimum absolute atomic E-state index is 0.0398. The van der Waals surface area contributed by atoms with Crippen molar-refractivity contribution < 1.29 is 29.7 Å². The lowest BCUT2D eigenvalue weighted by Crippen LogP contribution is -2.54. The number of carboxylic acid groups (broad SMARTS) is 2. The van der Waals surface area contributed by atoms with Crippen molar-refractivity contribution in [3.05, 3.63) is 0 Å².